The Kier molecular flexibility index (Phi) is 3.85. The van der Waals surface area contributed by atoms with E-state index in [1.165, 1.54) is 0 Å². The molecule has 0 aliphatic rings. The van der Waals surface area contributed by atoms with Gasteiger partial charge in [-0.15, -0.1) is 0 Å². The molecule has 0 spiro atoms. The number of hydrogen-bond donors (Lipinski definition) is 1. The molecule has 3 heteroatoms. The summed E-state index contributed by atoms with van der Waals surface area (Å²) in [5, 5.41) is 2.97. The van der Waals surface area contributed by atoms with Crippen molar-refractivity contribution < 1.29 is 4.79 Å². The molecule has 1 N–H and O–H groups in total. The lowest BCUT2D eigenvalue weighted by Gasteiger charge is -2.18. The maximum Gasteiger partial charge on any atom is 0.255 e. The van der Waals surface area contributed by atoms with Gasteiger partial charge in [0, 0.05) is 19.7 Å². The number of anilines is 2. The number of aryl methyl sites for hydroxylation is 1. The summed E-state index contributed by atoms with van der Waals surface area (Å²) in [5.41, 5.74) is 3.49. The van der Waals surface area contributed by atoms with Gasteiger partial charge in [0.15, 0.2) is 0 Å². The summed E-state index contributed by atoms with van der Waals surface area (Å²) in [5.74, 6) is -0.0765. The fourth-order valence-corrected chi connectivity index (χ4v) is 1.99. The van der Waals surface area contributed by atoms with Crippen LogP contribution in [0.3, 0.4) is 0 Å². The van der Waals surface area contributed by atoms with Crippen molar-refractivity contribution in [3.63, 3.8) is 0 Å². The largest absolute Gasteiger partial charge is 0.376 e. The van der Waals surface area contributed by atoms with E-state index < -0.39 is 0 Å². The Morgan fingerprint density at radius 1 is 1.00 bits per heavy atom. The SMILES string of the molecule is Cc1ccccc1C(=O)Nc1ccccc1N(C)C. The van der Waals surface area contributed by atoms with Gasteiger partial charge >= 0.3 is 0 Å². The van der Waals surface area contributed by atoms with E-state index in [9.17, 15) is 4.79 Å². The average molecular weight is 254 g/mol. The molecule has 0 saturated carbocycles. The zero-order valence-corrected chi connectivity index (χ0v) is 11.5. The number of hydrogen-bond acceptors (Lipinski definition) is 2. The maximum absolute atomic E-state index is 12.3. The Balaban J connectivity index is 2.27. The Morgan fingerprint density at radius 3 is 2.32 bits per heavy atom. The zero-order valence-electron chi connectivity index (χ0n) is 11.5. The Labute approximate surface area is 113 Å². The first-order valence-electron chi connectivity index (χ1n) is 6.23. The number of para-hydroxylation sites is 2. The fraction of sp³-hybridized carbons (Fsp3) is 0.188. The molecule has 0 bridgehead atoms. The van der Waals surface area contributed by atoms with Crippen LogP contribution >= 0.6 is 0 Å². The predicted molar refractivity (Wildman–Crippen MR) is 79.9 cm³/mol. The van der Waals surface area contributed by atoms with E-state index in [-0.39, 0.29) is 5.91 Å². The molecule has 2 rings (SSSR count). The highest BCUT2D eigenvalue weighted by molar-refractivity contribution is 6.06. The minimum atomic E-state index is -0.0765. The van der Waals surface area contributed by atoms with Crippen molar-refractivity contribution >= 4 is 17.3 Å². The van der Waals surface area contributed by atoms with Gasteiger partial charge in [-0.1, -0.05) is 30.3 Å². The summed E-state index contributed by atoms with van der Waals surface area (Å²) in [6.07, 6.45) is 0. The van der Waals surface area contributed by atoms with Crippen LogP contribution in [-0.4, -0.2) is 20.0 Å². The van der Waals surface area contributed by atoms with E-state index in [1.54, 1.807) is 0 Å². The lowest BCUT2D eigenvalue weighted by atomic mass is 10.1. The van der Waals surface area contributed by atoms with Crippen molar-refractivity contribution in [1.29, 1.82) is 0 Å². The lowest BCUT2D eigenvalue weighted by molar-refractivity contribution is 0.102. The van der Waals surface area contributed by atoms with E-state index in [4.69, 9.17) is 0 Å². The maximum atomic E-state index is 12.3. The normalized spacial score (nSPS) is 10.1. The van der Waals surface area contributed by atoms with Crippen molar-refractivity contribution in [3.8, 4) is 0 Å². The van der Waals surface area contributed by atoms with Crippen molar-refractivity contribution in [2.24, 2.45) is 0 Å². The van der Waals surface area contributed by atoms with Gasteiger partial charge in [-0.05, 0) is 30.7 Å². The Bertz CT molecular complexity index is 591. The van der Waals surface area contributed by atoms with Gasteiger partial charge in [0.2, 0.25) is 0 Å². The number of nitrogens with zero attached hydrogens (tertiary/aromatic N) is 1. The number of amides is 1. The van der Waals surface area contributed by atoms with E-state index in [0.717, 1.165) is 16.9 Å². The summed E-state index contributed by atoms with van der Waals surface area (Å²) in [4.78, 5) is 14.3. The van der Waals surface area contributed by atoms with Crippen LogP contribution in [0, 0.1) is 6.92 Å². The van der Waals surface area contributed by atoms with Gasteiger partial charge in [-0.25, -0.2) is 0 Å². The van der Waals surface area contributed by atoms with Gasteiger partial charge in [-0.3, -0.25) is 4.79 Å². The first-order chi connectivity index (χ1) is 9.09. The number of nitrogens with one attached hydrogen (secondary N) is 1. The average Bonchev–Trinajstić information content (AvgIpc) is 2.39. The molecular weight excluding hydrogens is 236 g/mol. The number of rotatable bonds is 3. The second-order valence-electron chi connectivity index (χ2n) is 4.68. The van der Waals surface area contributed by atoms with E-state index in [1.807, 2.05) is 74.4 Å². The molecule has 0 saturated heterocycles. The molecule has 0 atom stereocenters. The molecule has 3 nitrogen and oxygen atoms in total. The van der Waals surface area contributed by atoms with Crippen LogP contribution < -0.4 is 10.2 Å². The molecule has 0 fully saturated rings. The molecule has 1 amide bonds. The molecule has 0 unspecified atom stereocenters. The minimum absolute atomic E-state index is 0.0765. The van der Waals surface area contributed by atoms with Crippen molar-refractivity contribution in [3.05, 3.63) is 59.7 Å². The monoisotopic (exact) mass is 254 g/mol. The van der Waals surface area contributed by atoms with Crippen LogP contribution in [0.25, 0.3) is 0 Å². The van der Waals surface area contributed by atoms with Gasteiger partial charge in [0.05, 0.1) is 11.4 Å². The van der Waals surface area contributed by atoms with Crippen LogP contribution in [-0.2, 0) is 0 Å². The minimum Gasteiger partial charge on any atom is -0.376 e. The van der Waals surface area contributed by atoms with Crippen molar-refractivity contribution in [2.75, 3.05) is 24.3 Å². The molecule has 0 aliphatic carbocycles. The lowest BCUT2D eigenvalue weighted by Crippen LogP contribution is -2.17. The molecule has 2 aromatic rings. The quantitative estimate of drug-likeness (QED) is 0.911. The molecular formula is C16H18N2O. The highest BCUT2D eigenvalue weighted by Gasteiger charge is 2.11. The first kappa shape index (κ1) is 13.1. The number of carbonyl (C=O) groups is 1. The third-order valence-electron chi connectivity index (χ3n) is 3.02. The molecule has 0 aliphatic heterocycles. The molecule has 2 aromatic carbocycles. The van der Waals surface area contributed by atoms with Gasteiger partial charge in [0.25, 0.3) is 5.91 Å². The van der Waals surface area contributed by atoms with Gasteiger partial charge in [0.1, 0.15) is 0 Å². The van der Waals surface area contributed by atoms with Crippen LogP contribution in [0.4, 0.5) is 11.4 Å². The standard InChI is InChI=1S/C16H18N2O/c1-12-8-4-5-9-13(12)16(19)17-14-10-6-7-11-15(14)18(2)3/h4-11H,1-3H3,(H,17,19). The highest BCUT2D eigenvalue weighted by atomic mass is 16.1. The summed E-state index contributed by atoms with van der Waals surface area (Å²) < 4.78 is 0. The van der Waals surface area contributed by atoms with Crippen LogP contribution in [0.1, 0.15) is 15.9 Å². The Morgan fingerprint density at radius 2 is 1.63 bits per heavy atom. The van der Waals surface area contributed by atoms with Crippen LogP contribution in [0.15, 0.2) is 48.5 Å². The smallest absolute Gasteiger partial charge is 0.255 e. The highest BCUT2D eigenvalue weighted by Crippen LogP contribution is 2.24. The molecule has 0 radical (unpaired) electrons. The summed E-state index contributed by atoms with van der Waals surface area (Å²) in [6.45, 7) is 1.94. The molecule has 0 heterocycles. The van der Waals surface area contributed by atoms with E-state index >= 15 is 0 Å². The molecule has 19 heavy (non-hydrogen) atoms. The van der Waals surface area contributed by atoms with Gasteiger partial charge < -0.3 is 10.2 Å². The van der Waals surface area contributed by atoms with Gasteiger partial charge in [-0.2, -0.15) is 0 Å². The van der Waals surface area contributed by atoms with E-state index in [0.29, 0.717) is 5.56 Å². The van der Waals surface area contributed by atoms with Crippen molar-refractivity contribution in [2.45, 2.75) is 6.92 Å². The van der Waals surface area contributed by atoms with Crippen LogP contribution in [0.5, 0.6) is 0 Å². The van der Waals surface area contributed by atoms with E-state index in [2.05, 4.69) is 5.32 Å². The zero-order chi connectivity index (χ0) is 13.8. The summed E-state index contributed by atoms with van der Waals surface area (Å²) >= 11 is 0. The first-order valence-corrected chi connectivity index (χ1v) is 6.23. The fourth-order valence-electron chi connectivity index (χ4n) is 1.99. The third-order valence-corrected chi connectivity index (χ3v) is 3.02. The van der Waals surface area contributed by atoms with Crippen LogP contribution in [0.2, 0.25) is 0 Å². The molecule has 0 aromatic heterocycles. The second kappa shape index (κ2) is 5.57. The Hall–Kier alpha value is -2.29. The number of carbonyl (C=O) groups excluding carboxylic acids is 1. The second-order valence-corrected chi connectivity index (χ2v) is 4.68. The third kappa shape index (κ3) is 2.94. The van der Waals surface area contributed by atoms with Crippen molar-refractivity contribution in [1.82, 2.24) is 0 Å². The summed E-state index contributed by atoms with van der Waals surface area (Å²) in [7, 11) is 3.91. The predicted octanol–water partition coefficient (Wildman–Crippen LogP) is 3.31. The topological polar surface area (TPSA) is 32.3 Å². The number of benzene rings is 2. The summed E-state index contributed by atoms with van der Waals surface area (Å²) in [6, 6.07) is 15.3. The molecule has 98 valence electrons.